The SMILES string of the molecule is CNC(=O)N1CCC(c2ccc(Br)cc2)CC1. The molecule has 0 radical (unpaired) electrons. The van der Waals surface area contributed by atoms with Gasteiger partial charge in [0, 0.05) is 24.6 Å². The zero-order chi connectivity index (χ0) is 12.3. The maximum Gasteiger partial charge on any atom is 0.317 e. The van der Waals surface area contributed by atoms with Gasteiger partial charge in [-0.1, -0.05) is 28.1 Å². The lowest BCUT2D eigenvalue weighted by molar-refractivity contribution is 0.183. The van der Waals surface area contributed by atoms with Gasteiger partial charge >= 0.3 is 6.03 Å². The Bertz CT molecular complexity index is 383. The average Bonchev–Trinajstić information content (AvgIpc) is 2.39. The molecule has 17 heavy (non-hydrogen) atoms. The second-order valence-electron chi connectivity index (χ2n) is 4.37. The van der Waals surface area contributed by atoms with Crippen LogP contribution in [0.4, 0.5) is 4.79 Å². The summed E-state index contributed by atoms with van der Waals surface area (Å²) in [5.41, 5.74) is 1.38. The van der Waals surface area contributed by atoms with E-state index in [1.807, 2.05) is 4.90 Å². The molecule has 92 valence electrons. The minimum atomic E-state index is 0.0410. The molecular formula is C13H17BrN2O. The molecule has 1 saturated heterocycles. The Kier molecular flexibility index (Phi) is 4.05. The zero-order valence-electron chi connectivity index (χ0n) is 9.95. The van der Waals surface area contributed by atoms with Crippen molar-refractivity contribution in [3.63, 3.8) is 0 Å². The van der Waals surface area contributed by atoms with Crippen LogP contribution >= 0.6 is 15.9 Å². The van der Waals surface area contributed by atoms with Gasteiger partial charge in [0.15, 0.2) is 0 Å². The summed E-state index contributed by atoms with van der Waals surface area (Å²) in [6.07, 6.45) is 2.10. The van der Waals surface area contributed by atoms with Crippen molar-refractivity contribution in [3.8, 4) is 0 Å². The molecule has 2 rings (SSSR count). The molecule has 1 aliphatic heterocycles. The largest absolute Gasteiger partial charge is 0.341 e. The number of amides is 2. The smallest absolute Gasteiger partial charge is 0.317 e. The minimum absolute atomic E-state index is 0.0410. The van der Waals surface area contributed by atoms with Gasteiger partial charge in [-0.05, 0) is 36.5 Å². The van der Waals surface area contributed by atoms with Gasteiger partial charge in [0.1, 0.15) is 0 Å². The number of likely N-dealkylation sites (tertiary alicyclic amines) is 1. The summed E-state index contributed by atoms with van der Waals surface area (Å²) in [7, 11) is 1.68. The number of nitrogens with one attached hydrogen (secondary N) is 1. The van der Waals surface area contributed by atoms with Gasteiger partial charge in [-0.25, -0.2) is 4.79 Å². The van der Waals surface area contributed by atoms with E-state index in [-0.39, 0.29) is 6.03 Å². The molecule has 1 aliphatic rings. The first kappa shape index (κ1) is 12.4. The number of nitrogens with zero attached hydrogens (tertiary/aromatic N) is 1. The topological polar surface area (TPSA) is 32.3 Å². The first-order valence-electron chi connectivity index (χ1n) is 5.93. The highest BCUT2D eigenvalue weighted by atomic mass is 79.9. The highest BCUT2D eigenvalue weighted by molar-refractivity contribution is 9.10. The number of hydrogen-bond donors (Lipinski definition) is 1. The molecule has 1 aromatic carbocycles. The van der Waals surface area contributed by atoms with Crippen molar-refractivity contribution in [2.45, 2.75) is 18.8 Å². The highest BCUT2D eigenvalue weighted by Crippen LogP contribution is 2.28. The van der Waals surface area contributed by atoms with Crippen LogP contribution in [0.1, 0.15) is 24.3 Å². The monoisotopic (exact) mass is 296 g/mol. The fraction of sp³-hybridized carbons (Fsp3) is 0.462. The van der Waals surface area contributed by atoms with Crippen LogP contribution in [-0.2, 0) is 0 Å². The summed E-state index contributed by atoms with van der Waals surface area (Å²) in [6, 6.07) is 8.55. The highest BCUT2D eigenvalue weighted by Gasteiger charge is 2.22. The summed E-state index contributed by atoms with van der Waals surface area (Å²) < 4.78 is 1.11. The quantitative estimate of drug-likeness (QED) is 0.849. The first-order chi connectivity index (χ1) is 8.20. The van der Waals surface area contributed by atoms with E-state index in [4.69, 9.17) is 0 Å². The van der Waals surface area contributed by atoms with Gasteiger partial charge in [-0.15, -0.1) is 0 Å². The van der Waals surface area contributed by atoms with E-state index >= 15 is 0 Å². The van der Waals surface area contributed by atoms with Crippen molar-refractivity contribution < 1.29 is 4.79 Å². The fourth-order valence-corrected chi connectivity index (χ4v) is 2.57. The molecule has 1 fully saturated rings. The van der Waals surface area contributed by atoms with Crippen LogP contribution in [0.3, 0.4) is 0 Å². The van der Waals surface area contributed by atoms with E-state index in [1.54, 1.807) is 7.05 Å². The Morgan fingerprint density at radius 3 is 2.41 bits per heavy atom. The number of halogens is 1. The Balaban J connectivity index is 1.95. The molecule has 2 amide bonds. The van der Waals surface area contributed by atoms with E-state index in [0.29, 0.717) is 5.92 Å². The summed E-state index contributed by atoms with van der Waals surface area (Å²) in [5, 5.41) is 2.68. The van der Waals surface area contributed by atoms with Gasteiger partial charge in [0.25, 0.3) is 0 Å². The van der Waals surface area contributed by atoms with Gasteiger partial charge in [0.05, 0.1) is 0 Å². The Morgan fingerprint density at radius 2 is 1.88 bits per heavy atom. The van der Waals surface area contributed by atoms with Gasteiger partial charge in [-0.3, -0.25) is 0 Å². The second-order valence-corrected chi connectivity index (χ2v) is 5.28. The molecular weight excluding hydrogens is 280 g/mol. The summed E-state index contributed by atoms with van der Waals surface area (Å²) in [5.74, 6) is 0.587. The van der Waals surface area contributed by atoms with E-state index in [0.717, 1.165) is 30.4 Å². The molecule has 1 N–H and O–H groups in total. The van der Waals surface area contributed by atoms with E-state index in [9.17, 15) is 4.79 Å². The Morgan fingerprint density at radius 1 is 1.29 bits per heavy atom. The maximum atomic E-state index is 11.5. The number of benzene rings is 1. The van der Waals surface area contributed by atoms with Crippen molar-refractivity contribution in [2.24, 2.45) is 0 Å². The molecule has 0 spiro atoms. The molecule has 4 heteroatoms. The third kappa shape index (κ3) is 3.00. The number of carbonyl (C=O) groups excluding carboxylic acids is 1. The van der Waals surface area contributed by atoms with Crippen LogP contribution in [0.2, 0.25) is 0 Å². The van der Waals surface area contributed by atoms with Gasteiger partial charge in [0.2, 0.25) is 0 Å². The maximum absolute atomic E-state index is 11.5. The number of urea groups is 1. The van der Waals surface area contributed by atoms with Crippen LogP contribution < -0.4 is 5.32 Å². The predicted octanol–water partition coefficient (Wildman–Crippen LogP) is 2.97. The molecule has 1 heterocycles. The molecule has 0 atom stereocenters. The van der Waals surface area contributed by atoms with E-state index in [1.165, 1.54) is 5.56 Å². The number of rotatable bonds is 1. The summed E-state index contributed by atoms with van der Waals surface area (Å²) >= 11 is 3.45. The van der Waals surface area contributed by atoms with Crippen LogP contribution in [-0.4, -0.2) is 31.1 Å². The van der Waals surface area contributed by atoms with Crippen LogP contribution in [0.25, 0.3) is 0 Å². The van der Waals surface area contributed by atoms with Crippen molar-refractivity contribution in [2.75, 3.05) is 20.1 Å². The van der Waals surface area contributed by atoms with Crippen molar-refractivity contribution >= 4 is 22.0 Å². The molecule has 0 unspecified atom stereocenters. The van der Waals surface area contributed by atoms with Crippen molar-refractivity contribution in [3.05, 3.63) is 34.3 Å². The van der Waals surface area contributed by atoms with E-state index in [2.05, 4.69) is 45.5 Å². The first-order valence-corrected chi connectivity index (χ1v) is 6.72. The lowest BCUT2D eigenvalue weighted by Crippen LogP contribution is -2.42. The summed E-state index contributed by atoms with van der Waals surface area (Å²) in [6.45, 7) is 1.70. The summed E-state index contributed by atoms with van der Waals surface area (Å²) in [4.78, 5) is 13.3. The number of piperidine rings is 1. The Labute approximate surface area is 110 Å². The lowest BCUT2D eigenvalue weighted by Gasteiger charge is -2.31. The van der Waals surface area contributed by atoms with Crippen LogP contribution in [0, 0.1) is 0 Å². The number of carbonyl (C=O) groups is 1. The zero-order valence-corrected chi connectivity index (χ0v) is 11.5. The van der Waals surface area contributed by atoms with Crippen LogP contribution in [0.15, 0.2) is 28.7 Å². The molecule has 1 aromatic rings. The third-order valence-corrected chi connectivity index (χ3v) is 3.87. The van der Waals surface area contributed by atoms with Crippen LogP contribution in [0.5, 0.6) is 0 Å². The minimum Gasteiger partial charge on any atom is -0.341 e. The average molecular weight is 297 g/mol. The molecule has 0 bridgehead atoms. The van der Waals surface area contributed by atoms with Gasteiger partial charge in [-0.2, -0.15) is 0 Å². The molecule has 0 aliphatic carbocycles. The molecule has 0 aromatic heterocycles. The predicted molar refractivity (Wildman–Crippen MR) is 72.1 cm³/mol. The molecule has 0 saturated carbocycles. The normalized spacial score (nSPS) is 16.9. The van der Waals surface area contributed by atoms with Crippen molar-refractivity contribution in [1.29, 1.82) is 0 Å². The lowest BCUT2D eigenvalue weighted by atomic mass is 9.90. The fourth-order valence-electron chi connectivity index (χ4n) is 2.31. The van der Waals surface area contributed by atoms with Crippen molar-refractivity contribution in [1.82, 2.24) is 10.2 Å². The Hall–Kier alpha value is -1.03. The van der Waals surface area contributed by atoms with E-state index < -0.39 is 0 Å². The van der Waals surface area contributed by atoms with Gasteiger partial charge < -0.3 is 10.2 Å². The second kappa shape index (κ2) is 5.54. The molecule has 3 nitrogen and oxygen atoms in total. The third-order valence-electron chi connectivity index (χ3n) is 3.34. The standard InChI is InChI=1S/C13H17BrN2O/c1-15-13(17)16-8-6-11(7-9-16)10-2-4-12(14)5-3-10/h2-5,11H,6-9H2,1H3,(H,15,17). The number of hydrogen-bond acceptors (Lipinski definition) is 1.